The van der Waals surface area contributed by atoms with E-state index in [1.54, 1.807) is 0 Å². The highest BCUT2D eigenvalue weighted by Gasteiger charge is 2.13. The summed E-state index contributed by atoms with van der Waals surface area (Å²) in [5.74, 6) is 0. The van der Waals surface area contributed by atoms with Crippen molar-refractivity contribution in [2.45, 2.75) is 32.7 Å². The standard InChI is InChI=1S/C17H22N2/c1-4-5-14-6-8-15(9-7-14)17(18-3)16-12-19-11-10-13(16)2/h6-12,17-18H,4-5H2,1-3H3. The lowest BCUT2D eigenvalue weighted by molar-refractivity contribution is 0.684. The van der Waals surface area contributed by atoms with Crippen molar-refractivity contribution >= 4 is 0 Å². The molecule has 1 atom stereocenters. The van der Waals surface area contributed by atoms with Crippen molar-refractivity contribution in [1.82, 2.24) is 10.3 Å². The van der Waals surface area contributed by atoms with Gasteiger partial charge in [-0.15, -0.1) is 0 Å². The molecule has 0 spiro atoms. The van der Waals surface area contributed by atoms with Crippen LogP contribution in [-0.4, -0.2) is 12.0 Å². The Labute approximate surface area is 115 Å². The molecule has 0 aliphatic carbocycles. The van der Waals surface area contributed by atoms with Gasteiger partial charge in [0.25, 0.3) is 0 Å². The SMILES string of the molecule is CCCc1ccc(C(NC)c2cnccc2C)cc1. The van der Waals surface area contributed by atoms with E-state index >= 15 is 0 Å². The predicted molar refractivity (Wildman–Crippen MR) is 80.3 cm³/mol. The monoisotopic (exact) mass is 254 g/mol. The highest BCUT2D eigenvalue weighted by Crippen LogP contribution is 2.24. The third-order valence-electron chi connectivity index (χ3n) is 3.53. The minimum absolute atomic E-state index is 0.212. The maximum Gasteiger partial charge on any atom is 0.0592 e. The maximum absolute atomic E-state index is 4.25. The normalized spacial score (nSPS) is 12.4. The van der Waals surface area contributed by atoms with Gasteiger partial charge in [0.15, 0.2) is 0 Å². The quantitative estimate of drug-likeness (QED) is 0.881. The molecule has 0 saturated heterocycles. The molecule has 0 saturated carbocycles. The van der Waals surface area contributed by atoms with Crippen molar-refractivity contribution in [3.63, 3.8) is 0 Å². The lowest BCUT2D eigenvalue weighted by Gasteiger charge is -2.19. The predicted octanol–water partition coefficient (Wildman–Crippen LogP) is 3.65. The second kappa shape index (κ2) is 6.48. The number of hydrogen-bond donors (Lipinski definition) is 1. The van der Waals surface area contributed by atoms with Gasteiger partial charge in [-0.05, 0) is 48.7 Å². The Balaban J connectivity index is 2.29. The number of nitrogens with one attached hydrogen (secondary N) is 1. The Morgan fingerprint density at radius 1 is 1.16 bits per heavy atom. The van der Waals surface area contributed by atoms with E-state index in [-0.39, 0.29) is 6.04 Å². The fourth-order valence-electron chi connectivity index (χ4n) is 2.45. The van der Waals surface area contributed by atoms with Crippen LogP contribution in [-0.2, 0) is 6.42 Å². The average molecular weight is 254 g/mol. The average Bonchev–Trinajstić information content (AvgIpc) is 2.44. The molecule has 0 fully saturated rings. The zero-order valence-corrected chi connectivity index (χ0v) is 12.0. The fourth-order valence-corrected chi connectivity index (χ4v) is 2.45. The molecule has 19 heavy (non-hydrogen) atoms. The number of benzene rings is 1. The zero-order chi connectivity index (χ0) is 13.7. The van der Waals surface area contributed by atoms with E-state index in [4.69, 9.17) is 0 Å². The number of nitrogens with zero attached hydrogens (tertiary/aromatic N) is 1. The van der Waals surface area contributed by atoms with E-state index in [0.29, 0.717) is 0 Å². The number of rotatable bonds is 5. The minimum Gasteiger partial charge on any atom is -0.309 e. The summed E-state index contributed by atoms with van der Waals surface area (Å²) in [6.45, 7) is 4.34. The van der Waals surface area contributed by atoms with Gasteiger partial charge in [-0.2, -0.15) is 0 Å². The molecule has 0 aliphatic heterocycles. The maximum atomic E-state index is 4.25. The van der Waals surface area contributed by atoms with Gasteiger partial charge in [0.2, 0.25) is 0 Å². The van der Waals surface area contributed by atoms with Crippen LogP contribution in [0.2, 0.25) is 0 Å². The molecule has 0 radical (unpaired) electrons. The Morgan fingerprint density at radius 3 is 2.47 bits per heavy atom. The van der Waals surface area contributed by atoms with E-state index in [1.165, 1.54) is 28.7 Å². The van der Waals surface area contributed by atoms with Gasteiger partial charge in [-0.3, -0.25) is 4.98 Å². The van der Waals surface area contributed by atoms with Crippen LogP contribution in [0.25, 0.3) is 0 Å². The number of hydrogen-bond acceptors (Lipinski definition) is 2. The van der Waals surface area contributed by atoms with E-state index < -0.39 is 0 Å². The summed E-state index contributed by atoms with van der Waals surface area (Å²) in [5, 5.41) is 3.39. The van der Waals surface area contributed by atoms with Crippen LogP contribution in [0, 0.1) is 6.92 Å². The van der Waals surface area contributed by atoms with Gasteiger partial charge in [-0.1, -0.05) is 37.6 Å². The zero-order valence-electron chi connectivity index (χ0n) is 12.0. The van der Waals surface area contributed by atoms with Crippen molar-refractivity contribution in [2.75, 3.05) is 7.05 Å². The second-order valence-corrected chi connectivity index (χ2v) is 4.95. The van der Waals surface area contributed by atoms with Crippen molar-refractivity contribution in [1.29, 1.82) is 0 Å². The molecule has 0 aliphatic rings. The first-order chi connectivity index (χ1) is 9.26. The van der Waals surface area contributed by atoms with Crippen LogP contribution in [0.3, 0.4) is 0 Å². The highest BCUT2D eigenvalue weighted by molar-refractivity contribution is 5.36. The van der Waals surface area contributed by atoms with E-state index in [0.717, 1.165) is 6.42 Å². The van der Waals surface area contributed by atoms with E-state index in [1.807, 2.05) is 19.4 Å². The third kappa shape index (κ3) is 3.21. The number of pyridine rings is 1. The van der Waals surface area contributed by atoms with Crippen LogP contribution in [0.1, 0.15) is 41.6 Å². The fraction of sp³-hybridized carbons (Fsp3) is 0.353. The largest absolute Gasteiger partial charge is 0.309 e. The Kier molecular flexibility index (Phi) is 4.69. The van der Waals surface area contributed by atoms with E-state index in [2.05, 4.69) is 54.5 Å². The summed E-state index contributed by atoms with van der Waals surface area (Å²) in [5.41, 5.74) is 5.21. The molecule has 100 valence electrons. The van der Waals surface area contributed by atoms with Crippen LogP contribution in [0.5, 0.6) is 0 Å². The number of aryl methyl sites for hydroxylation is 2. The lowest BCUT2D eigenvalue weighted by Crippen LogP contribution is -2.18. The first-order valence-corrected chi connectivity index (χ1v) is 6.93. The smallest absolute Gasteiger partial charge is 0.0592 e. The molecule has 0 amide bonds. The summed E-state index contributed by atoms with van der Waals surface area (Å²) in [6, 6.07) is 11.2. The van der Waals surface area contributed by atoms with Crippen molar-refractivity contribution in [3.05, 3.63) is 65.0 Å². The van der Waals surface area contributed by atoms with Gasteiger partial charge in [0.1, 0.15) is 0 Å². The van der Waals surface area contributed by atoms with Crippen molar-refractivity contribution in [3.8, 4) is 0 Å². The topological polar surface area (TPSA) is 24.9 Å². The van der Waals surface area contributed by atoms with Crippen LogP contribution in [0.15, 0.2) is 42.7 Å². The molecule has 2 aromatic rings. The molecule has 1 aromatic carbocycles. The molecule has 2 rings (SSSR count). The summed E-state index contributed by atoms with van der Waals surface area (Å²) in [6.07, 6.45) is 6.14. The lowest BCUT2D eigenvalue weighted by atomic mass is 9.95. The van der Waals surface area contributed by atoms with Crippen molar-refractivity contribution < 1.29 is 0 Å². The van der Waals surface area contributed by atoms with Crippen LogP contribution in [0.4, 0.5) is 0 Å². The first-order valence-electron chi connectivity index (χ1n) is 6.93. The Bertz CT molecular complexity index is 517. The van der Waals surface area contributed by atoms with Crippen LogP contribution >= 0.6 is 0 Å². The first kappa shape index (κ1) is 13.8. The molecule has 1 N–H and O–H groups in total. The summed E-state index contributed by atoms with van der Waals surface area (Å²) in [4.78, 5) is 4.25. The second-order valence-electron chi connectivity index (χ2n) is 4.95. The minimum atomic E-state index is 0.212. The molecule has 1 aromatic heterocycles. The van der Waals surface area contributed by atoms with Gasteiger partial charge in [0, 0.05) is 12.4 Å². The molecule has 1 heterocycles. The summed E-state index contributed by atoms with van der Waals surface area (Å²) in [7, 11) is 2.00. The molecule has 0 bridgehead atoms. The van der Waals surface area contributed by atoms with Gasteiger partial charge in [0.05, 0.1) is 6.04 Å². The van der Waals surface area contributed by atoms with Crippen LogP contribution < -0.4 is 5.32 Å². The molecular formula is C17H22N2. The number of aromatic nitrogens is 1. The Morgan fingerprint density at radius 2 is 1.89 bits per heavy atom. The van der Waals surface area contributed by atoms with Gasteiger partial charge in [-0.25, -0.2) is 0 Å². The molecule has 2 nitrogen and oxygen atoms in total. The summed E-state index contributed by atoms with van der Waals surface area (Å²) < 4.78 is 0. The molecule has 1 unspecified atom stereocenters. The third-order valence-corrected chi connectivity index (χ3v) is 3.53. The van der Waals surface area contributed by atoms with Gasteiger partial charge < -0.3 is 5.32 Å². The van der Waals surface area contributed by atoms with Gasteiger partial charge >= 0.3 is 0 Å². The molecule has 2 heteroatoms. The molecular weight excluding hydrogens is 232 g/mol. The van der Waals surface area contributed by atoms with Crippen molar-refractivity contribution in [2.24, 2.45) is 0 Å². The van der Waals surface area contributed by atoms with E-state index in [9.17, 15) is 0 Å². The Hall–Kier alpha value is -1.67. The summed E-state index contributed by atoms with van der Waals surface area (Å²) >= 11 is 0. The highest BCUT2D eigenvalue weighted by atomic mass is 14.9.